The van der Waals surface area contributed by atoms with Crippen LogP contribution < -0.4 is 5.32 Å². The number of nitrogens with one attached hydrogen (secondary N) is 1. The average molecular weight is 362 g/mol. The first-order valence-electron chi connectivity index (χ1n) is 9.70. The van der Waals surface area contributed by atoms with Crippen LogP contribution in [-0.2, 0) is 4.79 Å². The van der Waals surface area contributed by atoms with E-state index in [1.807, 2.05) is 44.2 Å². The number of nitrogens with zero attached hydrogens (tertiary/aromatic N) is 1. The summed E-state index contributed by atoms with van der Waals surface area (Å²) in [5.41, 5.74) is 5.28. The first-order chi connectivity index (χ1) is 13.0. The quantitative estimate of drug-likeness (QED) is 0.881. The van der Waals surface area contributed by atoms with E-state index < -0.39 is 0 Å². The van der Waals surface area contributed by atoms with Crippen molar-refractivity contribution in [2.45, 2.75) is 32.6 Å². The minimum atomic E-state index is -0.386. The minimum absolute atomic E-state index is 0.0419. The van der Waals surface area contributed by atoms with Gasteiger partial charge in [0.1, 0.15) is 5.78 Å². The van der Waals surface area contributed by atoms with Crippen LogP contribution in [0.25, 0.3) is 0 Å². The number of likely N-dealkylation sites (tertiary alicyclic amines) is 1. The molecule has 1 fully saturated rings. The second-order valence-corrected chi connectivity index (χ2v) is 7.94. The molecule has 1 N–H and O–H groups in total. The predicted molar refractivity (Wildman–Crippen MR) is 107 cm³/mol. The summed E-state index contributed by atoms with van der Waals surface area (Å²) < 4.78 is 0. The van der Waals surface area contributed by atoms with Gasteiger partial charge in [-0.05, 0) is 75.1 Å². The minimum Gasteiger partial charge on any atom is -0.321 e. The lowest BCUT2D eigenvalue weighted by Crippen LogP contribution is -2.36. The van der Waals surface area contributed by atoms with E-state index in [2.05, 4.69) is 23.3 Å². The summed E-state index contributed by atoms with van der Waals surface area (Å²) in [7, 11) is 2.10. The molecule has 0 spiro atoms. The maximum absolute atomic E-state index is 13.8. The van der Waals surface area contributed by atoms with Crippen LogP contribution in [0.1, 0.15) is 51.4 Å². The summed E-state index contributed by atoms with van der Waals surface area (Å²) in [6, 6.07) is 11.6. The molecule has 0 aromatic heterocycles. The molecule has 2 aromatic carbocycles. The van der Waals surface area contributed by atoms with Crippen LogP contribution in [0.4, 0.5) is 5.69 Å². The van der Waals surface area contributed by atoms with Crippen molar-refractivity contribution in [2.75, 3.05) is 25.5 Å². The molecule has 2 aromatic rings. The highest BCUT2D eigenvalue weighted by Crippen LogP contribution is 2.42. The van der Waals surface area contributed by atoms with Crippen molar-refractivity contribution in [3.05, 3.63) is 64.2 Å². The topological polar surface area (TPSA) is 49.4 Å². The lowest BCUT2D eigenvalue weighted by molar-refractivity contribution is -0.124. The van der Waals surface area contributed by atoms with Gasteiger partial charge in [-0.1, -0.05) is 30.3 Å². The highest BCUT2D eigenvalue weighted by atomic mass is 16.2. The van der Waals surface area contributed by atoms with Gasteiger partial charge < -0.3 is 10.2 Å². The number of ketones is 1. The smallest absolute Gasteiger partial charge is 0.255 e. The van der Waals surface area contributed by atoms with Crippen LogP contribution in [0, 0.1) is 19.8 Å². The maximum Gasteiger partial charge on any atom is 0.255 e. The molecule has 1 saturated heterocycles. The Balaban J connectivity index is 1.89. The fraction of sp³-hybridized carbons (Fsp3) is 0.391. The van der Waals surface area contributed by atoms with Crippen molar-refractivity contribution in [3.63, 3.8) is 0 Å². The normalized spacial score (nSPS) is 20.4. The Morgan fingerprint density at radius 1 is 1.04 bits per heavy atom. The van der Waals surface area contributed by atoms with Crippen molar-refractivity contribution >= 4 is 17.4 Å². The second-order valence-electron chi connectivity index (χ2n) is 7.94. The first-order valence-corrected chi connectivity index (χ1v) is 9.70. The molecular weight excluding hydrogens is 336 g/mol. The van der Waals surface area contributed by atoms with Crippen LogP contribution in [0.15, 0.2) is 36.4 Å². The molecule has 2 aliphatic heterocycles. The fourth-order valence-electron chi connectivity index (χ4n) is 4.49. The molecule has 4 heteroatoms. The number of anilines is 1. The van der Waals surface area contributed by atoms with Gasteiger partial charge in [0.2, 0.25) is 0 Å². The molecule has 0 aliphatic carbocycles. The van der Waals surface area contributed by atoms with Crippen LogP contribution >= 0.6 is 0 Å². The Labute approximate surface area is 160 Å². The van der Waals surface area contributed by atoms with Gasteiger partial charge in [0.05, 0.1) is 5.92 Å². The molecule has 1 amide bonds. The third kappa shape index (κ3) is 3.08. The predicted octanol–water partition coefficient (Wildman–Crippen LogP) is 3.91. The van der Waals surface area contributed by atoms with E-state index >= 15 is 0 Å². The standard InChI is InChI=1S/C23H26N2O2/c1-14-8-9-15(2)21-19(14)20(22(26)16-10-12-25(3)13-11-16)17-6-4-5-7-18(17)23(27)24-21/h4-9,16,20H,10-13H2,1-3H3,(H,24,27). The number of amides is 1. The Hall–Kier alpha value is -2.46. The second kappa shape index (κ2) is 6.93. The van der Waals surface area contributed by atoms with Gasteiger partial charge in [-0.3, -0.25) is 9.59 Å². The zero-order valence-electron chi connectivity index (χ0n) is 16.2. The number of hydrogen-bond acceptors (Lipinski definition) is 3. The number of hydrogen-bond donors (Lipinski definition) is 1. The molecule has 0 bridgehead atoms. The molecular formula is C23H26N2O2. The Morgan fingerprint density at radius 2 is 1.70 bits per heavy atom. The summed E-state index contributed by atoms with van der Waals surface area (Å²) in [6.45, 7) is 5.92. The van der Waals surface area contributed by atoms with Gasteiger partial charge in [0.25, 0.3) is 5.91 Å². The van der Waals surface area contributed by atoms with E-state index in [1.165, 1.54) is 0 Å². The van der Waals surface area contributed by atoms with E-state index in [1.54, 1.807) is 0 Å². The van der Waals surface area contributed by atoms with Gasteiger partial charge in [0.15, 0.2) is 0 Å². The van der Waals surface area contributed by atoms with E-state index in [0.29, 0.717) is 5.56 Å². The van der Waals surface area contributed by atoms with Gasteiger partial charge in [-0.2, -0.15) is 0 Å². The number of carbonyl (C=O) groups excluding carboxylic acids is 2. The fourth-order valence-corrected chi connectivity index (χ4v) is 4.49. The molecule has 0 saturated carbocycles. The first kappa shape index (κ1) is 17.9. The van der Waals surface area contributed by atoms with Crippen molar-refractivity contribution in [2.24, 2.45) is 5.92 Å². The molecule has 1 atom stereocenters. The highest BCUT2D eigenvalue weighted by molar-refractivity contribution is 6.10. The Bertz CT molecular complexity index is 911. The number of aryl methyl sites for hydroxylation is 2. The lowest BCUT2D eigenvalue weighted by Gasteiger charge is -2.31. The van der Waals surface area contributed by atoms with Crippen LogP contribution in [0.3, 0.4) is 0 Å². The molecule has 4 nitrogen and oxygen atoms in total. The Morgan fingerprint density at radius 3 is 2.44 bits per heavy atom. The van der Waals surface area contributed by atoms with Crippen LogP contribution in [-0.4, -0.2) is 36.7 Å². The number of piperidine rings is 1. The molecule has 0 radical (unpaired) electrons. The van der Waals surface area contributed by atoms with Gasteiger partial charge in [-0.25, -0.2) is 0 Å². The number of benzene rings is 2. The summed E-state index contributed by atoms with van der Waals surface area (Å²) in [4.78, 5) is 28.9. The van der Waals surface area contributed by atoms with Crippen LogP contribution in [0.5, 0.6) is 0 Å². The third-order valence-electron chi connectivity index (χ3n) is 6.12. The monoisotopic (exact) mass is 362 g/mol. The molecule has 27 heavy (non-hydrogen) atoms. The molecule has 4 rings (SSSR count). The van der Waals surface area contributed by atoms with E-state index in [-0.39, 0.29) is 23.5 Å². The van der Waals surface area contributed by atoms with Crippen molar-refractivity contribution < 1.29 is 9.59 Å². The van der Waals surface area contributed by atoms with Crippen molar-refractivity contribution in [1.29, 1.82) is 0 Å². The number of rotatable bonds is 2. The molecule has 1 unspecified atom stereocenters. The van der Waals surface area contributed by atoms with Gasteiger partial charge in [-0.15, -0.1) is 0 Å². The summed E-state index contributed by atoms with van der Waals surface area (Å²) >= 11 is 0. The zero-order chi connectivity index (χ0) is 19.1. The van der Waals surface area contributed by atoms with E-state index in [0.717, 1.165) is 53.9 Å². The summed E-state index contributed by atoms with van der Waals surface area (Å²) in [6.07, 6.45) is 1.77. The SMILES string of the molecule is Cc1ccc(C)c2c1NC(=O)c1ccccc1C2C(=O)C1CCN(C)CC1. The summed E-state index contributed by atoms with van der Waals surface area (Å²) in [5.74, 6) is -0.218. The average Bonchev–Trinajstić information content (AvgIpc) is 2.80. The van der Waals surface area contributed by atoms with E-state index in [4.69, 9.17) is 0 Å². The largest absolute Gasteiger partial charge is 0.321 e. The van der Waals surface area contributed by atoms with Gasteiger partial charge >= 0.3 is 0 Å². The number of Topliss-reactive ketones (excluding diaryl/α,β-unsaturated/α-hetero) is 1. The van der Waals surface area contributed by atoms with Crippen molar-refractivity contribution in [1.82, 2.24) is 4.90 Å². The molecule has 2 aliphatic rings. The highest BCUT2D eigenvalue weighted by Gasteiger charge is 2.37. The maximum atomic E-state index is 13.8. The van der Waals surface area contributed by atoms with Crippen LogP contribution in [0.2, 0.25) is 0 Å². The lowest BCUT2D eigenvalue weighted by atomic mass is 9.76. The third-order valence-corrected chi connectivity index (χ3v) is 6.12. The van der Waals surface area contributed by atoms with Gasteiger partial charge in [0, 0.05) is 17.2 Å². The Kier molecular flexibility index (Phi) is 4.60. The number of carbonyl (C=O) groups is 2. The summed E-state index contributed by atoms with van der Waals surface area (Å²) in [5, 5.41) is 3.08. The number of fused-ring (bicyclic) bond motifs is 2. The van der Waals surface area contributed by atoms with Crippen molar-refractivity contribution in [3.8, 4) is 0 Å². The van der Waals surface area contributed by atoms with E-state index in [9.17, 15) is 9.59 Å². The molecule has 2 heterocycles. The zero-order valence-corrected chi connectivity index (χ0v) is 16.2. The molecule has 140 valence electrons.